The van der Waals surface area contributed by atoms with Crippen LogP contribution in [0.3, 0.4) is 0 Å². The average Bonchev–Trinajstić information content (AvgIpc) is 3.51. The summed E-state index contributed by atoms with van der Waals surface area (Å²) in [6.07, 6.45) is 1.71. The molecule has 3 aromatic heterocycles. The number of hydrogen-bond acceptors (Lipinski definition) is 8. The van der Waals surface area contributed by atoms with Crippen molar-refractivity contribution in [2.24, 2.45) is 0 Å². The van der Waals surface area contributed by atoms with Crippen molar-refractivity contribution in [3.8, 4) is 22.2 Å². The van der Waals surface area contributed by atoms with Crippen molar-refractivity contribution in [3.63, 3.8) is 0 Å². The Morgan fingerprint density at radius 3 is 2.76 bits per heavy atom. The molecule has 38 heavy (non-hydrogen) atoms. The highest BCUT2D eigenvalue weighted by molar-refractivity contribution is 7.22. The second-order valence-electron chi connectivity index (χ2n) is 9.12. The molecule has 1 aliphatic rings. The van der Waals surface area contributed by atoms with Crippen LogP contribution in [0, 0.1) is 19.7 Å². The third-order valence-electron chi connectivity index (χ3n) is 6.43. The van der Waals surface area contributed by atoms with E-state index in [9.17, 15) is 9.90 Å². The maximum absolute atomic E-state index is 15.1. The molecule has 5 aromatic rings. The molecule has 11 heteroatoms. The molecule has 6 rings (SSSR count). The molecule has 0 radical (unpaired) electrons. The van der Waals surface area contributed by atoms with E-state index in [0.29, 0.717) is 45.1 Å². The lowest BCUT2D eigenvalue weighted by atomic mass is 10.1. The van der Waals surface area contributed by atoms with Crippen LogP contribution in [0.2, 0.25) is 0 Å². The van der Waals surface area contributed by atoms with E-state index in [1.165, 1.54) is 35.6 Å². The SMILES string of the molecule is COc1cnc2c(-c3nc4cc(F)c5c(c4s3)CC(CN(C(=O)O)c3ccc(C)nc3)O5)cc(C)cc2n1. The van der Waals surface area contributed by atoms with E-state index in [2.05, 4.69) is 15.0 Å². The van der Waals surface area contributed by atoms with E-state index >= 15 is 4.39 Å². The van der Waals surface area contributed by atoms with Crippen LogP contribution in [0.15, 0.2) is 42.7 Å². The van der Waals surface area contributed by atoms with Gasteiger partial charge in [-0.05, 0) is 43.7 Å². The molecule has 4 heterocycles. The summed E-state index contributed by atoms with van der Waals surface area (Å²) >= 11 is 1.43. The maximum atomic E-state index is 15.1. The van der Waals surface area contributed by atoms with Gasteiger partial charge in [-0.2, -0.15) is 0 Å². The Balaban J connectivity index is 1.37. The minimum Gasteiger partial charge on any atom is -0.485 e. The van der Waals surface area contributed by atoms with Gasteiger partial charge in [-0.15, -0.1) is 11.3 Å². The molecular weight excluding hydrogens is 509 g/mol. The number of carboxylic acid groups (broad SMARTS) is 1. The molecule has 1 N–H and O–H groups in total. The summed E-state index contributed by atoms with van der Waals surface area (Å²) < 4.78 is 27.1. The minimum atomic E-state index is -1.13. The molecule has 0 fully saturated rings. The van der Waals surface area contributed by atoms with Crippen molar-refractivity contribution < 1.29 is 23.8 Å². The molecular formula is C27H22FN5O4S. The zero-order valence-electron chi connectivity index (χ0n) is 20.7. The standard InChI is InChI=1S/C27H22FN5O4S/c1-13-6-17(23-20(7-13)31-22(36-3)11-30-23)26-32-21-9-19(28)24-18(25(21)38-26)8-16(37-24)12-33(27(34)35)15-5-4-14(2)29-10-15/h4-7,9-11,16H,8,12H2,1-3H3,(H,34,35). The summed E-state index contributed by atoms with van der Waals surface area (Å²) in [7, 11) is 1.54. The third kappa shape index (κ3) is 4.14. The number of rotatable bonds is 5. The Kier molecular flexibility index (Phi) is 5.79. The molecule has 0 aliphatic carbocycles. The van der Waals surface area contributed by atoms with Gasteiger partial charge in [0.15, 0.2) is 11.6 Å². The number of anilines is 1. The number of amides is 1. The molecule has 1 unspecified atom stereocenters. The summed E-state index contributed by atoms with van der Waals surface area (Å²) in [5, 5.41) is 10.5. The predicted molar refractivity (Wildman–Crippen MR) is 142 cm³/mol. The van der Waals surface area contributed by atoms with Crippen molar-refractivity contribution in [1.29, 1.82) is 0 Å². The number of nitrogens with zero attached hydrogens (tertiary/aromatic N) is 5. The molecule has 0 spiro atoms. The van der Waals surface area contributed by atoms with Gasteiger partial charge in [0.05, 0.1) is 53.0 Å². The van der Waals surface area contributed by atoms with Gasteiger partial charge < -0.3 is 14.6 Å². The van der Waals surface area contributed by atoms with Crippen LogP contribution < -0.4 is 14.4 Å². The Morgan fingerprint density at radius 1 is 1.18 bits per heavy atom. The van der Waals surface area contributed by atoms with E-state index in [4.69, 9.17) is 14.5 Å². The van der Waals surface area contributed by atoms with E-state index in [1.54, 1.807) is 18.3 Å². The summed E-state index contributed by atoms with van der Waals surface area (Å²) in [6, 6.07) is 8.71. The Hall–Kier alpha value is -4.38. The van der Waals surface area contributed by atoms with Crippen molar-refractivity contribution in [1.82, 2.24) is 19.9 Å². The summed E-state index contributed by atoms with van der Waals surface area (Å²) in [6.45, 7) is 3.82. The fourth-order valence-corrected chi connectivity index (χ4v) is 5.78. The van der Waals surface area contributed by atoms with Crippen LogP contribution in [0.5, 0.6) is 11.6 Å². The molecule has 0 bridgehead atoms. The number of aryl methyl sites for hydroxylation is 2. The molecule has 192 valence electrons. The van der Waals surface area contributed by atoms with Gasteiger partial charge in [0.1, 0.15) is 11.1 Å². The number of carbonyl (C=O) groups is 1. The molecule has 2 aromatic carbocycles. The quantitative estimate of drug-likeness (QED) is 0.314. The lowest BCUT2D eigenvalue weighted by molar-refractivity contribution is 0.190. The number of ether oxygens (including phenoxy) is 2. The number of hydrogen-bond donors (Lipinski definition) is 1. The van der Waals surface area contributed by atoms with Gasteiger partial charge in [-0.25, -0.2) is 24.1 Å². The first-order valence-corrected chi connectivity index (χ1v) is 12.7. The van der Waals surface area contributed by atoms with E-state index < -0.39 is 18.0 Å². The highest BCUT2D eigenvalue weighted by atomic mass is 32.1. The van der Waals surface area contributed by atoms with Crippen LogP contribution in [0.25, 0.3) is 31.8 Å². The second kappa shape index (κ2) is 9.18. The van der Waals surface area contributed by atoms with Crippen LogP contribution in [0.4, 0.5) is 14.9 Å². The molecule has 0 saturated heterocycles. The molecule has 1 amide bonds. The number of pyridine rings is 1. The monoisotopic (exact) mass is 531 g/mol. The van der Waals surface area contributed by atoms with Crippen LogP contribution >= 0.6 is 11.3 Å². The number of aromatic nitrogens is 4. The Morgan fingerprint density at radius 2 is 2.03 bits per heavy atom. The highest BCUT2D eigenvalue weighted by Gasteiger charge is 2.33. The van der Waals surface area contributed by atoms with E-state index in [-0.39, 0.29) is 12.3 Å². The largest absolute Gasteiger partial charge is 0.485 e. The maximum Gasteiger partial charge on any atom is 0.411 e. The molecule has 1 aliphatic heterocycles. The smallest absolute Gasteiger partial charge is 0.411 e. The molecule has 9 nitrogen and oxygen atoms in total. The minimum absolute atomic E-state index is 0.0291. The van der Waals surface area contributed by atoms with Gasteiger partial charge in [-0.1, -0.05) is 0 Å². The van der Waals surface area contributed by atoms with Crippen LogP contribution in [-0.2, 0) is 6.42 Å². The summed E-state index contributed by atoms with van der Waals surface area (Å²) in [5.74, 6) is 0.0336. The van der Waals surface area contributed by atoms with Crippen molar-refractivity contribution in [2.75, 3.05) is 18.6 Å². The zero-order valence-corrected chi connectivity index (χ0v) is 21.5. The first-order valence-electron chi connectivity index (χ1n) is 11.8. The van der Waals surface area contributed by atoms with Crippen molar-refractivity contribution in [2.45, 2.75) is 26.4 Å². The fourth-order valence-electron chi connectivity index (χ4n) is 4.67. The summed E-state index contributed by atoms with van der Waals surface area (Å²) in [5.41, 5.74) is 5.53. The van der Waals surface area contributed by atoms with Crippen molar-refractivity contribution in [3.05, 3.63) is 65.4 Å². The van der Waals surface area contributed by atoms with E-state index in [0.717, 1.165) is 21.5 Å². The normalized spacial score (nSPS) is 14.5. The van der Waals surface area contributed by atoms with Gasteiger partial charge >= 0.3 is 6.09 Å². The third-order valence-corrected chi connectivity index (χ3v) is 7.60. The number of halogens is 1. The second-order valence-corrected chi connectivity index (χ2v) is 10.1. The number of fused-ring (bicyclic) bond motifs is 4. The lowest BCUT2D eigenvalue weighted by Crippen LogP contribution is -2.38. The zero-order chi connectivity index (χ0) is 26.6. The Labute approximate surface area is 220 Å². The first kappa shape index (κ1) is 24.0. The topological polar surface area (TPSA) is 111 Å². The number of methoxy groups -OCH3 is 1. The van der Waals surface area contributed by atoms with E-state index in [1.807, 2.05) is 26.0 Å². The first-order chi connectivity index (χ1) is 18.3. The Bertz CT molecular complexity index is 1720. The molecule has 1 atom stereocenters. The van der Waals surface area contributed by atoms with Gasteiger partial charge in [0, 0.05) is 29.3 Å². The van der Waals surface area contributed by atoms with Crippen LogP contribution in [0.1, 0.15) is 16.8 Å². The van der Waals surface area contributed by atoms with Gasteiger partial charge in [-0.3, -0.25) is 9.88 Å². The molecule has 0 saturated carbocycles. The number of thiazole rings is 1. The highest BCUT2D eigenvalue weighted by Crippen LogP contribution is 2.43. The summed E-state index contributed by atoms with van der Waals surface area (Å²) in [4.78, 5) is 31.1. The number of benzene rings is 2. The average molecular weight is 532 g/mol. The van der Waals surface area contributed by atoms with Gasteiger partial charge in [0.2, 0.25) is 5.88 Å². The van der Waals surface area contributed by atoms with Gasteiger partial charge in [0.25, 0.3) is 0 Å². The van der Waals surface area contributed by atoms with Crippen LogP contribution in [-0.4, -0.2) is 50.9 Å². The fraction of sp³-hybridized carbons (Fsp3) is 0.222. The van der Waals surface area contributed by atoms with Crippen molar-refractivity contribution >= 4 is 44.4 Å². The predicted octanol–water partition coefficient (Wildman–Crippen LogP) is 5.55. The lowest BCUT2D eigenvalue weighted by Gasteiger charge is -2.22.